The largest absolute Gasteiger partial charge is 0.348 e. The van der Waals surface area contributed by atoms with E-state index in [0.717, 1.165) is 6.26 Å². The van der Waals surface area contributed by atoms with Crippen molar-refractivity contribution in [2.45, 2.75) is 11.4 Å². The van der Waals surface area contributed by atoms with Crippen molar-refractivity contribution in [3.63, 3.8) is 0 Å². The van der Waals surface area contributed by atoms with Crippen molar-refractivity contribution in [1.82, 2.24) is 5.32 Å². The third-order valence-electron chi connectivity index (χ3n) is 2.99. The van der Waals surface area contributed by atoms with Gasteiger partial charge in [-0.3, -0.25) is 4.79 Å². The van der Waals surface area contributed by atoms with Gasteiger partial charge in [0.05, 0.1) is 4.90 Å². The first-order chi connectivity index (χ1) is 10.3. The summed E-state index contributed by atoms with van der Waals surface area (Å²) in [4.78, 5) is 12.2. The summed E-state index contributed by atoms with van der Waals surface area (Å²) < 4.78 is 36.6. The van der Waals surface area contributed by atoms with Crippen molar-refractivity contribution in [3.05, 3.63) is 63.9 Å². The molecule has 1 N–H and O–H groups in total. The fourth-order valence-corrected chi connectivity index (χ4v) is 2.83. The van der Waals surface area contributed by atoms with E-state index in [-0.39, 0.29) is 23.2 Å². The molecule has 0 heterocycles. The molecular formula is C15H13BrFNO3S. The van der Waals surface area contributed by atoms with Crippen molar-refractivity contribution in [3.8, 4) is 0 Å². The van der Waals surface area contributed by atoms with Crippen LogP contribution in [0.2, 0.25) is 0 Å². The Morgan fingerprint density at radius 1 is 1.18 bits per heavy atom. The van der Waals surface area contributed by atoms with Gasteiger partial charge in [0.2, 0.25) is 0 Å². The molecule has 0 fully saturated rings. The molecule has 0 atom stereocenters. The van der Waals surface area contributed by atoms with Gasteiger partial charge in [0.15, 0.2) is 9.84 Å². The average Bonchev–Trinajstić information content (AvgIpc) is 2.47. The Morgan fingerprint density at radius 2 is 1.82 bits per heavy atom. The summed E-state index contributed by atoms with van der Waals surface area (Å²) in [5, 5.41) is 2.66. The van der Waals surface area contributed by atoms with Crippen LogP contribution in [0.15, 0.2) is 51.8 Å². The van der Waals surface area contributed by atoms with Gasteiger partial charge in [0.25, 0.3) is 5.91 Å². The molecule has 0 saturated carbocycles. The minimum atomic E-state index is -3.29. The van der Waals surface area contributed by atoms with E-state index in [2.05, 4.69) is 21.2 Å². The lowest BCUT2D eigenvalue weighted by molar-refractivity contribution is 0.0950. The molecule has 7 heteroatoms. The number of sulfone groups is 1. The van der Waals surface area contributed by atoms with Crippen molar-refractivity contribution in [1.29, 1.82) is 0 Å². The van der Waals surface area contributed by atoms with Gasteiger partial charge in [-0.15, -0.1) is 0 Å². The summed E-state index contributed by atoms with van der Waals surface area (Å²) in [5.41, 5.74) is 0.945. The standard InChI is InChI=1S/C15H13BrFNO3S/c1-22(20,21)13-5-2-10(3-6-13)15(19)18-9-11-8-12(17)4-7-14(11)16/h2-8H,9H2,1H3,(H,18,19). The van der Waals surface area contributed by atoms with Crippen molar-refractivity contribution in [2.24, 2.45) is 0 Å². The summed E-state index contributed by atoms with van der Waals surface area (Å²) in [7, 11) is -3.29. The van der Waals surface area contributed by atoms with Crippen molar-refractivity contribution in [2.75, 3.05) is 6.26 Å². The number of benzene rings is 2. The highest BCUT2D eigenvalue weighted by molar-refractivity contribution is 9.10. The van der Waals surface area contributed by atoms with Gasteiger partial charge in [-0.1, -0.05) is 15.9 Å². The lowest BCUT2D eigenvalue weighted by Gasteiger charge is -2.08. The second kappa shape index (κ2) is 6.58. The molecule has 0 spiro atoms. The number of carbonyl (C=O) groups excluding carboxylic acids is 1. The second-order valence-corrected chi connectivity index (χ2v) is 7.59. The van der Waals surface area contributed by atoms with Gasteiger partial charge in [-0.2, -0.15) is 0 Å². The van der Waals surface area contributed by atoms with Crippen LogP contribution in [0.5, 0.6) is 0 Å². The van der Waals surface area contributed by atoms with Crippen LogP contribution in [0.1, 0.15) is 15.9 Å². The van der Waals surface area contributed by atoms with Gasteiger partial charge < -0.3 is 5.32 Å². The predicted molar refractivity (Wildman–Crippen MR) is 84.8 cm³/mol. The number of nitrogens with one attached hydrogen (secondary N) is 1. The molecule has 116 valence electrons. The van der Waals surface area contributed by atoms with Crippen LogP contribution < -0.4 is 5.32 Å². The smallest absolute Gasteiger partial charge is 0.251 e. The third kappa shape index (κ3) is 4.14. The quantitative estimate of drug-likeness (QED) is 0.879. The van der Waals surface area contributed by atoms with Gasteiger partial charge in [-0.25, -0.2) is 12.8 Å². The number of hydrogen-bond donors (Lipinski definition) is 1. The van der Waals surface area contributed by atoms with E-state index in [0.29, 0.717) is 15.6 Å². The Bertz CT molecular complexity index is 804. The molecule has 0 aromatic heterocycles. The lowest BCUT2D eigenvalue weighted by Crippen LogP contribution is -2.23. The maximum Gasteiger partial charge on any atom is 0.251 e. The fraction of sp³-hybridized carbons (Fsp3) is 0.133. The molecule has 0 saturated heterocycles. The Kier molecular flexibility index (Phi) is 4.97. The number of carbonyl (C=O) groups is 1. The maximum atomic E-state index is 13.2. The zero-order valence-corrected chi connectivity index (χ0v) is 14.0. The first kappa shape index (κ1) is 16.6. The van der Waals surface area contributed by atoms with Crippen LogP contribution in [0.4, 0.5) is 4.39 Å². The monoisotopic (exact) mass is 385 g/mol. The number of rotatable bonds is 4. The van der Waals surface area contributed by atoms with Crippen molar-refractivity contribution >= 4 is 31.7 Å². The fourth-order valence-electron chi connectivity index (χ4n) is 1.81. The zero-order chi connectivity index (χ0) is 16.3. The summed E-state index contributed by atoms with van der Waals surface area (Å²) in [6.07, 6.45) is 1.10. The van der Waals surface area contributed by atoms with Crippen molar-refractivity contribution < 1.29 is 17.6 Å². The van der Waals surface area contributed by atoms with Gasteiger partial charge in [0, 0.05) is 22.8 Å². The minimum Gasteiger partial charge on any atom is -0.348 e. The topological polar surface area (TPSA) is 63.2 Å². The lowest BCUT2D eigenvalue weighted by atomic mass is 10.2. The van der Waals surface area contributed by atoms with Gasteiger partial charge in [-0.05, 0) is 48.0 Å². The molecule has 1 amide bonds. The summed E-state index contributed by atoms with van der Waals surface area (Å²) >= 11 is 3.28. The molecule has 0 bridgehead atoms. The third-order valence-corrected chi connectivity index (χ3v) is 4.89. The van der Waals surface area contributed by atoms with Crippen LogP contribution in [0.3, 0.4) is 0 Å². The Balaban J connectivity index is 2.08. The molecule has 0 aliphatic carbocycles. The normalized spacial score (nSPS) is 11.2. The predicted octanol–water partition coefficient (Wildman–Crippen LogP) is 2.92. The van der Waals surface area contributed by atoms with Crippen LogP contribution in [0.25, 0.3) is 0 Å². The molecular weight excluding hydrogens is 373 g/mol. The highest BCUT2D eigenvalue weighted by atomic mass is 79.9. The summed E-state index contributed by atoms with van der Waals surface area (Å²) in [6, 6.07) is 9.84. The van der Waals surface area contributed by atoms with E-state index in [1.807, 2.05) is 0 Å². The van der Waals surface area contributed by atoms with E-state index in [1.165, 1.54) is 36.4 Å². The minimum absolute atomic E-state index is 0.150. The number of amides is 1. The highest BCUT2D eigenvalue weighted by Crippen LogP contribution is 2.18. The molecule has 2 aromatic carbocycles. The molecule has 0 aliphatic heterocycles. The SMILES string of the molecule is CS(=O)(=O)c1ccc(C(=O)NCc2cc(F)ccc2Br)cc1. The van der Waals surface area contributed by atoms with Crippen LogP contribution in [-0.2, 0) is 16.4 Å². The molecule has 22 heavy (non-hydrogen) atoms. The Hall–Kier alpha value is -1.73. The molecule has 0 aliphatic rings. The van der Waals surface area contributed by atoms with E-state index >= 15 is 0 Å². The zero-order valence-electron chi connectivity index (χ0n) is 11.6. The van der Waals surface area contributed by atoms with E-state index in [4.69, 9.17) is 0 Å². The molecule has 0 unspecified atom stereocenters. The first-order valence-electron chi connectivity index (χ1n) is 6.29. The highest BCUT2D eigenvalue weighted by Gasteiger charge is 2.10. The Morgan fingerprint density at radius 3 is 2.41 bits per heavy atom. The summed E-state index contributed by atoms with van der Waals surface area (Å²) in [6.45, 7) is 0.158. The molecule has 2 rings (SSSR count). The molecule has 0 radical (unpaired) electrons. The average molecular weight is 386 g/mol. The van der Waals surface area contributed by atoms with E-state index in [1.54, 1.807) is 6.07 Å². The van der Waals surface area contributed by atoms with Crippen LogP contribution in [0, 0.1) is 5.82 Å². The maximum absolute atomic E-state index is 13.2. The van der Waals surface area contributed by atoms with Crippen LogP contribution in [-0.4, -0.2) is 20.6 Å². The summed E-state index contributed by atoms with van der Waals surface area (Å²) in [5.74, 6) is -0.749. The van der Waals surface area contributed by atoms with Crippen LogP contribution >= 0.6 is 15.9 Å². The molecule has 4 nitrogen and oxygen atoms in total. The van der Waals surface area contributed by atoms with E-state index < -0.39 is 9.84 Å². The first-order valence-corrected chi connectivity index (χ1v) is 8.98. The van der Waals surface area contributed by atoms with Gasteiger partial charge in [0.1, 0.15) is 5.82 Å². The Labute approximate surface area is 136 Å². The molecule has 2 aromatic rings. The number of halogens is 2. The van der Waals surface area contributed by atoms with E-state index in [9.17, 15) is 17.6 Å². The van der Waals surface area contributed by atoms with Gasteiger partial charge >= 0.3 is 0 Å². The number of hydrogen-bond acceptors (Lipinski definition) is 3. The second-order valence-electron chi connectivity index (χ2n) is 4.71.